The second kappa shape index (κ2) is 11.1. The van der Waals surface area contributed by atoms with Crippen molar-refractivity contribution in [1.29, 1.82) is 0 Å². The summed E-state index contributed by atoms with van der Waals surface area (Å²) in [6.45, 7) is 4.34. The Balaban J connectivity index is 1.64. The van der Waals surface area contributed by atoms with E-state index < -0.39 is 0 Å². The molecular weight excluding hydrogens is 400 g/mol. The lowest BCUT2D eigenvalue weighted by Crippen LogP contribution is -2.11. The number of anilines is 3. The Kier molecular flexibility index (Phi) is 8.03. The molecule has 0 heterocycles. The Hall–Kier alpha value is -3.60. The number of ketones is 1. The van der Waals surface area contributed by atoms with E-state index in [1.165, 1.54) is 0 Å². The van der Waals surface area contributed by atoms with E-state index in [0.29, 0.717) is 34.9 Å². The van der Waals surface area contributed by atoms with Gasteiger partial charge in [0.15, 0.2) is 5.78 Å². The second-order valence-corrected chi connectivity index (χ2v) is 8.18. The maximum atomic E-state index is 12.5. The number of hydrogen-bond acceptors (Lipinski definition) is 4. The van der Waals surface area contributed by atoms with Crippen molar-refractivity contribution in [3.05, 3.63) is 83.9 Å². The quantitative estimate of drug-likeness (QED) is 0.351. The minimum absolute atomic E-state index is 0.162. The van der Waals surface area contributed by atoms with Crippen LogP contribution in [0.1, 0.15) is 53.8 Å². The summed E-state index contributed by atoms with van der Waals surface area (Å²) >= 11 is 0. The van der Waals surface area contributed by atoms with Crippen LogP contribution in [0.25, 0.3) is 0 Å². The smallest absolute Gasteiger partial charge is 0.255 e. The maximum absolute atomic E-state index is 12.5. The summed E-state index contributed by atoms with van der Waals surface area (Å²) in [5.41, 5.74) is 3.59. The molecule has 0 fully saturated rings. The summed E-state index contributed by atoms with van der Waals surface area (Å²) in [5, 5.41) is 6.23. The molecule has 0 aliphatic carbocycles. The standard InChI is InChI=1S/C27H30N2O3/c1-19(2)7-4-12-26(30)21-8-5-9-22(17-21)28-23-10-6-11-24(18-23)29-27(31)20-13-15-25(32-3)16-14-20/h5-6,8-11,13-19,28H,4,7,12H2,1-3H3,(H,29,31). The van der Waals surface area contributed by atoms with E-state index in [2.05, 4.69) is 24.5 Å². The zero-order chi connectivity index (χ0) is 22.9. The van der Waals surface area contributed by atoms with E-state index in [4.69, 9.17) is 4.74 Å². The average Bonchev–Trinajstić information content (AvgIpc) is 2.79. The molecule has 0 bridgehead atoms. The van der Waals surface area contributed by atoms with Crippen LogP contribution in [0, 0.1) is 5.92 Å². The molecular formula is C27H30N2O3. The lowest BCUT2D eigenvalue weighted by Gasteiger charge is -2.11. The number of ether oxygens (including phenoxy) is 1. The molecule has 3 rings (SSSR count). The molecule has 5 heteroatoms. The Morgan fingerprint density at radius 3 is 2.19 bits per heavy atom. The molecule has 5 nitrogen and oxygen atoms in total. The molecule has 1 amide bonds. The van der Waals surface area contributed by atoms with Crippen molar-refractivity contribution < 1.29 is 14.3 Å². The van der Waals surface area contributed by atoms with Gasteiger partial charge in [-0.15, -0.1) is 0 Å². The normalized spacial score (nSPS) is 10.6. The van der Waals surface area contributed by atoms with Gasteiger partial charge in [0.05, 0.1) is 7.11 Å². The molecule has 0 unspecified atom stereocenters. The number of amides is 1. The molecule has 0 saturated heterocycles. The van der Waals surface area contributed by atoms with Crippen LogP contribution in [-0.2, 0) is 0 Å². The maximum Gasteiger partial charge on any atom is 0.255 e. The van der Waals surface area contributed by atoms with E-state index in [-0.39, 0.29) is 11.7 Å². The van der Waals surface area contributed by atoms with Gasteiger partial charge in [0, 0.05) is 34.6 Å². The van der Waals surface area contributed by atoms with Crippen molar-refractivity contribution in [1.82, 2.24) is 0 Å². The number of carbonyl (C=O) groups excluding carboxylic acids is 2. The van der Waals surface area contributed by atoms with Gasteiger partial charge in [-0.3, -0.25) is 9.59 Å². The molecule has 0 radical (unpaired) electrons. The highest BCUT2D eigenvalue weighted by Crippen LogP contribution is 2.23. The molecule has 2 N–H and O–H groups in total. The third-order valence-corrected chi connectivity index (χ3v) is 5.13. The van der Waals surface area contributed by atoms with Crippen LogP contribution in [0.2, 0.25) is 0 Å². The van der Waals surface area contributed by atoms with Crippen LogP contribution in [0.4, 0.5) is 17.1 Å². The van der Waals surface area contributed by atoms with Crippen LogP contribution < -0.4 is 15.4 Å². The topological polar surface area (TPSA) is 67.4 Å². The Bertz CT molecular complexity index is 1060. The first-order valence-corrected chi connectivity index (χ1v) is 10.9. The summed E-state index contributed by atoms with van der Waals surface area (Å²) in [6, 6.07) is 22.0. The predicted molar refractivity (Wildman–Crippen MR) is 130 cm³/mol. The van der Waals surface area contributed by atoms with E-state index in [9.17, 15) is 9.59 Å². The zero-order valence-electron chi connectivity index (χ0n) is 18.9. The first kappa shape index (κ1) is 23.1. The van der Waals surface area contributed by atoms with Gasteiger partial charge in [-0.25, -0.2) is 0 Å². The highest BCUT2D eigenvalue weighted by molar-refractivity contribution is 6.04. The van der Waals surface area contributed by atoms with Gasteiger partial charge in [0.1, 0.15) is 5.75 Å². The van der Waals surface area contributed by atoms with Gasteiger partial charge in [0.25, 0.3) is 5.91 Å². The third-order valence-electron chi connectivity index (χ3n) is 5.13. The summed E-state index contributed by atoms with van der Waals surface area (Å²) in [4.78, 5) is 25.0. The van der Waals surface area contributed by atoms with Crippen molar-refractivity contribution in [3.63, 3.8) is 0 Å². The summed E-state index contributed by atoms with van der Waals surface area (Å²) in [6.07, 6.45) is 2.53. The first-order chi connectivity index (χ1) is 15.4. The first-order valence-electron chi connectivity index (χ1n) is 10.9. The van der Waals surface area contributed by atoms with Gasteiger partial charge in [-0.2, -0.15) is 0 Å². The van der Waals surface area contributed by atoms with Crippen LogP contribution in [0.5, 0.6) is 5.75 Å². The predicted octanol–water partition coefficient (Wildman–Crippen LogP) is 6.70. The molecule has 166 valence electrons. The molecule has 0 saturated carbocycles. The fourth-order valence-electron chi connectivity index (χ4n) is 3.37. The fraction of sp³-hybridized carbons (Fsp3) is 0.259. The van der Waals surface area contributed by atoms with Crippen LogP contribution in [0.15, 0.2) is 72.8 Å². The lowest BCUT2D eigenvalue weighted by molar-refractivity contribution is 0.0977. The minimum atomic E-state index is -0.196. The molecule has 0 aliphatic rings. The van der Waals surface area contributed by atoms with Crippen molar-refractivity contribution in [3.8, 4) is 5.75 Å². The molecule has 32 heavy (non-hydrogen) atoms. The van der Waals surface area contributed by atoms with Crippen molar-refractivity contribution in [2.24, 2.45) is 5.92 Å². The Morgan fingerprint density at radius 1 is 0.844 bits per heavy atom. The minimum Gasteiger partial charge on any atom is -0.497 e. The van der Waals surface area contributed by atoms with Crippen LogP contribution >= 0.6 is 0 Å². The Labute approximate surface area is 189 Å². The molecule has 0 aliphatic heterocycles. The summed E-state index contributed by atoms with van der Waals surface area (Å²) < 4.78 is 5.13. The SMILES string of the molecule is COc1ccc(C(=O)Nc2cccc(Nc3cccc(C(=O)CCCC(C)C)c3)c2)cc1. The van der Waals surface area contributed by atoms with Crippen molar-refractivity contribution >= 4 is 28.8 Å². The zero-order valence-corrected chi connectivity index (χ0v) is 18.9. The summed E-state index contributed by atoms with van der Waals surface area (Å²) in [7, 11) is 1.59. The van der Waals surface area contributed by atoms with Gasteiger partial charge in [-0.1, -0.05) is 38.5 Å². The Morgan fingerprint density at radius 2 is 1.50 bits per heavy atom. The number of benzene rings is 3. The number of nitrogens with one attached hydrogen (secondary N) is 2. The van der Waals surface area contributed by atoms with Crippen molar-refractivity contribution in [2.45, 2.75) is 33.1 Å². The third kappa shape index (κ3) is 6.71. The largest absolute Gasteiger partial charge is 0.497 e. The summed E-state index contributed by atoms with van der Waals surface area (Å²) in [5.74, 6) is 1.27. The van der Waals surface area contributed by atoms with Gasteiger partial charge in [-0.05, 0) is 66.9 Å². The highest BCUT2D eigenvalue weighted by Gasteiger charge is 2.09. The van der Waals surface area contributed by atoms with Gasteiger partial charge in [0.2, 0.25) is 0 Å². The van der Waals surface area contributed by atoms with E-state index >= 15 is 0 Å². The van der Waals surface area contributed by atoms with Crippen LogP contribution in [-0.4, -0.2) is 18.8 Å². The average molecular weight is 431 g/mol. The number of methoxy groups -OCH3 is 1. The van der Waals surface area contributed by atoms with Crippen LogP contribution in [0.3, 0.4) is 0 Å². The highest BCUT2D eigenvalue weighted by atomic mass is 16.5. The monoisotopic (exact) mass is 430 g/mol. The molecule has 3 aromatic rings. The molecule has 3 aromatic carbocycles. The number of hydrogen-bond donors (Lipinski definition) is 2. The van der Waals surface area contributed by atoms with Gasteiger partial charge < -0.3 is 15.4 Å². The van der Waals surface area contributed by atoms with Crippen molar-refractivity contribution in [2.75, 3.05) is 17.7 Å². The van der Waals surface area contributed by atoms with E-state index in [1.54, 1.807) is 31.4 Å². The lowest BCUT2D eigenvalue weighted by atomic mass is 10.0. The fourth-order valence-corrected chi connectivity index (χ4v) is 3.37. The number of carbonyl (C=O) groups is 2. The molecule has 0 spiro atoms. The van der Waals surface area contributed by atoms with E-state index in [1.807, 2.05) is 48.5 Å². The van der Waals surface area contributed by atoms with E-state index in [0.717, 1.165) is 24.2 Å². The number of rotatable bonds is 10. The number of Topliss-reactive ketones (excluding diaryl/α,β-unsaturated/α-hetero) is 1. The second-order valence-electron chi connectivity index (χ2n) is 8.18. The van der Waals surface area contributed by atoms with Gasteiger partial charge >= 0.3 is 0 Å². The molecule has 0 atom stereocenters. The molecule has 0 aromatic heterocycles.